The van der Waals surface area contributed by atoms with Crippen LogP contribution in [0.25, 0.3) is 11.1 Å². The van der Waals surface area contributed by atoms with Gasteiger partial charge < -0.3 is 15.0 Å². The van der Waals surface area contributed by atoms with Crippen LogP contribution in [0.15, 0.2) is 66.9 Å². The van der Waals surface area contributed by atoms with Gasteiger partial charge in [0, 0.05) is 19.3 Å². The molecule has 6 heteroatoms. The fourth-order valence-electron chi connectivity index (χ4n) is 3.91. The highest BCUT2D eigenvalue weighted by molar-refractivity contribution is 6.10. The number of anilines is 2. The van der Waals surface area contributed by atoms with E-state index in [0.29, 0.717) is 22.6 Å². The number of nitrogens with one attached hydrogen (secondary N) is 1. The molecule has 170 valence electrons. The van der Waals surface area contributed by atoms with E-state index >= 15 is 0 Å². The Morgan fingerprint density at radius 2 is 1.64 bits per heavy atom. The van der Waals surface area contributed by atoms with E-state index in [0.717, 1.165) is 37.1 Å². The van der Waals surface area contributed by atoms with Crippen molar-refractivity contribution in [2.24, 2.45) is 0 Å². The largest absolute Gasteiger partial charge is 0.456 e. The zero-order chi connectivity index (χ0) is 23.4. The molecular weight excluding hydrogens is 414 g/mol. The van der Waals surface area contributed by atoms with Crippen LogP contribution in [0.5, 0.6) is 0 Å². The maximum absolute atomic E-state index is 13.4. The third-order valence-electron chi connectivity index (χ3n) is 5.43. The molecule has 0 aliphatic carbocycles. The summed E-state index contributed by atoms with van der Waals surface area (Å²) in [4.78, 5) is 32.9. The van der Waals surface area contributed by atoms with Gasteiger partial charge in [0.05, 0.1) is 16.8 Å². The number of carbonyl (C=O) groups excluding carboxylic acids is 2. The molecule has 2 heterocycles. The number of hydrogen-bond acceptors (Lipinski definition) is 5. The molecule has 0 spiro atoms. The molecule has 2 aromatic carbocycles. The van der Waals surface area contributed by atoms with E-state index in [9.17, 15) is 9.59 Å². The molecule has 0 unspecified atom stereocenters. The highest BCUT2D eigenvalue weighted by atomic mass is 16.6. The van der Waals surface area contributed by atoms with Crippen LogP contribution in [0.1, 0.15) is 54.3 Å². The summed E-state index contributed by atoms with van der Waals surface area (Å²) in [5.74, 6) is -0.117. The Kier molecular flexibility index (Phi) is 6.45. The second-order valence-electron chi connectivity index (χ2n) is 9.15. The predicted molar refractivity (Wildman–Crippen MR) is 131 cm³/mol. The molecule has 1 aromatic heterocycles. The van der Waals surface area contributed by atoms with Crippen LogP contribution < -0.4 is 10.2 Å². The normalized spacial score (nSPS) is 13.6. The molecule has 1 amide bonds. The zero-order valence-electron chi connectivity index (χ0n) is 19.3. The van der Waals surface area contributed by atoms with Gasteiger partial charge in [0.2, 0.25) is 0 Å². The quantitative estimate of drug-likeness (QED) is 0.523. The molecule has 0 saturated carbocycles. The number of amides is 1. The molecule has 4 rings (SSSR count). The summed E-state index contributed by atoms with van der Waals surface area (Å²) in [6.07, 6.45) is 3.87. The number of nitrogens with zero attached hydrogens (tertiary/aromatic N) is 2. The maximum Gasteiger partial charge on any atom is 0.340 e. The van der Waals surface area contributed by atoms with Crippen LogP contribution in [-0.4, -0.2) is 35.6 Å². The molecule has 3 aromatic rings. The van der Waals surface area contributed by atoms with Crippen LogP contribution in [0.4, 0.5) is 11.5 Å². The molecule has 1 N–H and O–H groups in total. The van der Waals surface area contributed by atoms with Gasteiger partial charge in [-0.2, -0.15) is 0 Å². The number of aromatic nitrogens is 1. The lowest BCUT2D eigenvalue weighted by Crippen LogP contribution is -2.26. The van der Waals surface area contributed by atoms with E-state index < -0.39 is 11.6 Å². The molecule has 0 radical (unpaired) electrons. The lowest BCUT2D eigenvalue weighted by atomic mass is 10.0. The monoisotopic (exact) mass is 443 g/mol. The van der Waals surface area contributed by atoms with E-state index in [4.69, 9.17) is 4.74 Å². The summed E-state index contributed by atoms with van der Waals surface area (Å²) in [5, 5.41) is 2.96. The van der Waals surface area contributed by atoms with Gasteiger partial charge in [-0.1, -0.05) is 36.4 Å². The Bertz CT molecular complexity index is 1150. The van der Waals surface area contributed by atoms with Crippen molar-refractivity contribution in [1.29, 1.82) is 0 Å². The van der Waals surface area contributed by atoms with E-state index in [1.807, 2.05) is 63.2 Å². The number of rotatable bonds is 5. The maximum atomic E-state index is 13.4. The molecule has 6 nitrogen and oxygen atoms in total. The number of pyridine rings is 1. The zero-order valence-corrected chi connectivity index (χ0v) is 19.3. The third-order valence-corrected chi connectivity index (χ3v) is 5.43. The number of carbonyl (C=O) groups is 2. The molecule has 0 atom stereocenters. The highest BCUT2D eigenvalue weighted by Crippen LogP contribution is 2.29. The van der Waals surface area contributed by atoms with Crippen molar-refractivity contribution in [3.8, 4) is 11.1 Å². The summed E-state index contributed by atoms with van der Waals surface area (Å²) in [6, 6.07) is 18.7. The fourth-order valence-corrected chi connectivity index (χ4v) is 3.91. The SMILES string of the molecule is CC(C)(C)OC(=O)c1ccc(-c2ccccc2)cc1NC(=O)c1cccnc1N1CCCC1. The summed E-state index contributed by atoms with van der Waals surface area (Å²) < 4.78 is 5.59. The molecular formula is C27H29N3O3. The smallest absolute Gasteiger partial charge is 0.340 e. The summed E-state index contributed by atoms with van der Waals surface area (Å²) in [6.45, 7) is 7.21. The first-order valence-electron chi connectivity index (χ1n) is 11.3. The number of ether oxygens (including phenoxy) is 1. The molecule has 0 bridgehead atoms. The van der Waals surface area contributed by atoms with Crippen LogP contribution in [0.3, 0.4) is 0 Å². The first-order chi connectivity index (χ1) is 15.8. The number of esters is 1. The Labute approximate surface area is 194 Å². The van der Waals surface area contributed by atoms with Gasteiger partial charge in [-0.25, -0.2) is 9.78 Å². The predicted octanol–water partition coefficient (Wildman–Crippen LogP) is 5.56. The average Bonchev–Trinajstić information content (AvgIpc) is 3.33. The Morgan fingerprint density at radius 3 is 2.33 bits per heavy atom. The lowest BCUT2D eigenvalue weighted by Gasteiger charge is -2.22. The number of benzene rings is 2. The van der Waals surface area contributed by atoms with Crippen LogP contribution in [0, 0.1) is 0 Å². The van der Waals surface area contributed by atoms with Gasteiger partial charge in [0.1, 0.15) is 11.4 Å². The molecule has 1 fully saturated rings. The molecule has 1 aliphatic rings. The first kappa shape index (κ1) is 22.5. The second-order valence-corrected chi connectivity index (χ2v) is 9.15. The molecule has 33 heavy (non-hydrogen) atoms. The van der Waals surface area contributed by atoms with Gasteiger partial charge in [0.15, 0.2) is 0 Å². The Balaban J connectivity index is 1.70. The minimum Gasteiger partial charge on any atom is -0.456 e. The van der Waals surface area contributed by atoms with Crippen LogP contribution >= 0.6 is 0 Å². The van der Waals surface area contributed by atoms with E-state index in [2.05, 4.69) is 15.2 Å². The van der Waals surface area contributed by atoms with Crippen molar-refractivity contribution >= 4 is 23.4 Å². The van der Waals surface area contributed by atoms with E-state index in [1.54, 1.807) is 24.4 Å². The molecule has 1 saturated heterocycles. The van der Waals surface area contributed by atoms with Crippen molar-refractivity contribution in [3.05, 3.63) is 78.0 Å². The minimum absolute atomic E-state index is 0.306. The standard InChI is InChI=1S/C27H29N3O3/c1-27(2,3)33-26(32)21-14-13-20(19-10-5-4-6-11-19)18-23(21)29-25(31)22-12-9-15-28-24(22)30-16-7-8-17-30/h4-6,9-15,18H,7-8,16-17H2,1-3H3,(H,29,31). The van der Waals surface area contributed by atoms with Crippen molar-refractivity contribution in [2.45, 2.75) is 39.2 Å². The van der Waals surface area contributed by atoms with Gasteiger partial charge in [0.25, 0.3) is 5.91 Å². The Hall–Kier alpha value is -3.67. The summed E-state index contributed by atoms with van der Waals surface area (Å²) >= 11 is 0. The van der Waals surface area contributed by atoms with Gasteiger partial charge in [-0.3, -0.25) is 4.79 Å². The van der Waals surface area contributed by atoms with Gasteiger partial charge >= 0.3 is 5.97 Å². The average molecular weight is 444 g/mol. The topological polar surface area (TPSA) is 71.5 Å². The van der Waals surface area contributed by atoms with E-state index in [-0.39, 0.29) is 5.91 Å². The van der Waals surface area contributed by atoms with Gasteiger partial charge in [-0.05, 0) is 69.0 Å². The van der Waals surface area contributed by atoms with Crippen LogP contribution in [-0.2, 0) is 4.74 Å². The number of hydrogen-bond donors (Lipinski definition) is 1. The lowest BCUT2D eigenvalue weighted by molar-refractivity contribution is 0.00708. The summed E-state index contributed by atoms with van der Waals surface area (Å²) in [5.41, 5.74) is 2.44. The van der Waals surface area contributed by atoms with Crippen molar-refractivity contribution in [2.75, 3.05) is 23.3 Å². The van der Waals surface area contributed by atoms with Crippen molar-refractivity contribution < 1.29 is 14.3 Å². The van der Waals surface area contributed by atoms with E-state index in [1.165, 1.54) is 0 Å². The van der Waals surface area contributed by atoms with Crippen molar-refractivity contribution in [1.82, 2.24) is 4.98 Å². The minimum atomic E-state index is -0.650. The fraction of sp³-hybridized carbons (Fsp3) is 0.296. The molecule has 1 aliphatic heterocycles. The highest BCUT2D eigenvalue weighted by Gasteiger charge is 2.24. The van der Waals surface area contributed by atoms with Crippen LogP contribution in [0.2, 0.25) is 0 Å². The van der Waals surface area contributed by atoms with Gasteiger partial charge in [-0.15, -0.1) is 0 Å². The Morgan fingerprint density at radius 1 is 0.909 bits per heavy atom. The third kappa shape index (κ3) is 5.40. The first-order valence-corrected chi connectivity index (χ1v) is 11.3. The van der Waals surface area contributed by atoms with Crippen molar-refractivity contribution in [3.63, 3.8) is 0 Å². The summed E-state index contributed by atoms with van der Waals surface area (Å²) in [7, 11) is 0. The second kappa shape index (κ2) is 9.45.